The SMILES string of the molecule is CCC(CC)C(=O)NC.Cc1ccccc1. The molecule has 0 fully saturated rings. The monoisotopic (exact) mass is 221 g/mol. The third-order valence-corrected chi connectivity index (χ3v) is 2.54. The van der Waals surface area contributed by atoms with Gasteiger partial charge in [0, 0.05) is 13.0 Å². The number of aryl methyl sites for hydroxylation is 1. The Balaban J connectivity index is 0.000000288. The van der Waals surface area contributed by atoms with Crippen molar-refractivity contribution < 1.29 is 4.79 Å². The highest BCUT2D eigenvalue weighted by Gasteiger charge is 2.10. The molecule has 0 saturated heterocycles. The molecular weight excluding hydrogens is 198 g/mol. The van der Waals surface area contributed by atoms with E-state index in [2.05, 4.69) is 24.4 Å². The van der Waals surface area contributed by atoms with Gasteiger partial charge in [-0.15, -0.1) is 0 Å². The lowest BCUT2D eigenvalue weighted by Gasteiger charge is -2.08. The summed E-state index contributed by atoms with van der Waals surface area (Å²) in [6.45, 7) is 6.15. The normalized spacial score (nSPS) is 9.31. The first kappa shape index (κ1) is 14.7. The molecule has 0 aromatic heterocycles. The Hall–Kier alpha value is -1.31. The zero-order valence-corrected chi connectivity index (χ0v) is 10.8. The molecule has 1 N–H and O–H groups in total. The number of nitrogens with one attached hydrogen (secondary N) is 1. The molecule has 2 nitrogen and oxygen atoms in total. The van der Waals surface area contributed by atoms with Crippen molar-refractivity contribution in [2.75, 3.05) is 7.05 Å². The molecule has 0 spiro atoms. The van der Waals surface area contributed by atoms with E-state index in [1.807, 2.05) is 32.0 Å². The fourth-order valence-corrected chi connectivity index (χ4v) is 1.40. The molecule has 0 unspecified atom stereocenters. The summed E-state index contributed by atoms with van der Waals surface area (Å²) < 4.78 is 0. The maximum Gasteiger partial charge on any atom is 0.222 e. The third kappa shape index (κ3) is 6.23. The number of amides is 1. The molecule has 0 aliphatic carbocycles. The first-order valence-electron chi connectivity index (χ1n) is 5.88. The first-order valence-corrected chi connectivity index (χ1v) is 5.88. The lowest BCUT2D eigenvalue weighted by atomic mass is 10.0. The Morgan fingerprint density at radius 1 is 1.19 bits per heavy atom. The maximum absolute atomic E-state index is 10.9. The van der Waals surface area contributed by atoms with Crippen molar-refractivity contribution in [2.45, 2.75) is 33.6 Å². The maximum atomic E-state index is 10.9. The predicted octanol–water partition coefficient (Wildman–Crippen LogP) is 3.16. The van der Waals surface area contributed by atoms with Gasteiger partial charge in [0.2, 0.25) is 5.91 Å². The molecular formula is C14H23NO. The summed E-state index contributed by atoms with van der Waals surface area (Å²) in [6, 6.07) is 10.3. The molecule has 1 aromatic rings. The van der Waals surface area contributed by atoms with Gasteiger partial charge in [0.25, 0.3) is 0 Å². The highest BCUT2D eigenvalue weighted by molar-refractivity contribution is 5.78. The molecule has 1 aromatic carbocycles. The molecule has 0 radical (unpaired) electrons. The number of benzene rings is 1. The predicted molar refractivity (Wildman–Crippen MR) is 69.3 cm³/mol. The lowest BCUT2D eigenvalue weighted by Crippen LogP contribution is -2.26. The molecule has 0 atom stereocenters. The van der Waals surface area contributed by atoms with Crippen LogP contribution in [0.25, 0.3) is 0 Å². The van der Waals surface area contributed by atoms with Crippen molar-refractivity contribution in [2.24, 2.45) is 5.92 Å². The van der Waals surface area contributed by atoms with Gasteiger partial charge in [0.1, 0.15) is 0 Å². The van der Waals surface area contributed by atoms with Crippen molar-refractivity contribution in [1.82, 2.24) is 5.32 Å². The number of carbonyl (C=O) groups excluding carboxylic acids is 1. The molecule has 0 aliphatic rings. The van der Waals surface area contributed by atoms with Crippen LogP contribution in [0.4, 0.5) is 0 Å². The topological polar surface area (TPSA) is 29.1 Å². The van der Waals surface area contributed by atoms with Gasteiger partial charge < -0.3 is 5.32 Å². The standard InChI is InChI=1S/C7H15NO.C7H8/c1-4-6(5-2)7(9)8-3;1-7-5-3-2-4-6-7/h6H,4-5H2,1-3H3,(H,8,9);2-6H,1H3. The lowest BCUT2D eigenvalue weighted by molar-refractivity contribution is -0.124. The first-order chi connectivity index (χ1) is 7.65. The van der Waals surface area contributed by atoms with E-state index in [1.54, 1.807) is 7.05 Å². The molecule has 90 valence electrons. The van der Waals surface area contributed by atoms with Crippen LogP contribution in [0.3, 0.4) is 0 Å². The highest BCUT2D eigenvalue weighted by Crippen LogP contribution is 2.05. The van der Waals surface area contributed by atoms with E-state index in [0.29, 0.717) is 0 Å². The number of rotatable bonds is 3. The van der Waals surface area contributed by atoms with Gasteiger partial charge in [-0.25, -0.2) is 0 Å². The Bertz CT molecular complexity index is 278. The summed E-state index contributed by atoms with van der Waals surface area (Å²) in [5.41, 5.74) is 1.32. The summed E-state index contributed by atoms with van der Waals surface area (Å²) in [7, 11) is 1.68. The molecule has 0 bridgehead atoms. The third-order valence-electron chi connectivity index (χ3n) is 2.54. The van der Waals surface area contributed by atoms with Crippen LogP contribution in [-0.2, 0) is 4.79 Å². The number of carbonyl (C=O) groups is 1. The van der Waals surface area contributed by atoms with Gasteiger partial charge in [-0.1, -0.05) is 49.7 Å². The molecule has 0 saturated carbocycles. The van der Waals surface area contributed by atoms with Gasteiger partial charge in [-0.3, -0.25) is 4.79 Å². The molecule has 2 heteroatoms. The smallest absolute Gasteiger partial charge is 0.222 e. The Morgan fingerprint density at radius 2 is 1.69 bits per heavy atom. The zero-order chi connectivity index (χ0) is 12.4. The second kappa shape index (κ2) is 8.96. The van der Waals surface area contributed by atoms with Crippen LogP contribution in [0.1, 0.15) is 32.3 Å². The average Bonchev–Trinajstić information content (AvgIpc) is 2.32. The fraction of sp³-hybridized carbons (Fsp3) is 0.500. The van der Waals surface area contributed by atoms with Crippen LogP contribution in [0.15, 0.2) is 30.3 Å². The van der Waals surface area contributed by atoms with Crippen LogP contribution in [0, 0.1) is 12.8 Å². The van der Waals surface area contributed by atoms with Gasteiger partial charge in [-0.2, -0.15) is 0 Å². The molecule has 16 heavy (non-hydrogen) atoms. The van der Waals surface area contributed by atoms with E-state index >= 15 is 0 Å². The summed E-state index contributed by atoms with van der Waals surface area (Å²) in [5, 5.41) is 2.63. The quantitative estimate of drug-likeness (QED) is 0.834. The minimum absolute atomic E-state index is 0.167. The molecule has 1 amide bonds. The van der Waals surface area contributed by atoms with Gasteiger partial charge in [-0.05, 0) is 19.8 Å². The van der Waals surface area contributed by atoms with Crippen LogP contribution in [0.5, 0.6) is 0 Å². The van der Waals surface area contributed by atoms with Crippen LogP contribution < -0.4 is 5.32 Å². The Morgan fingerprint density at radius 3 is 1.88 bits per heavy atom. The minimum atomic E-state index is 0.167. The average molecular weight is 221 g/mol. The molecule has 1 rings (SSSR count). The number of hydrogen-bond acceptors (Lipinski definition) is 1. The van der Waals surface area contributed by atoms with E-state index in [0.717, 1.165) is 12.8 Å². The van der Waals surface area contributed by atoms with Crippen LogP contribution >= 0.6 is 0 Å². The largest absolute Gasteiger partial charge is 0.359 e. The van der Waals surface area contributed by atoms with Crippen molar-refractivity contribution in [3.05, 3.63) is 35.9 Å². The summed E-state index contributed by atoms with van der Waals surface area (Å²) in [5.74, 6) is 0.384. The summed E-state index contributed by atoms with van der Waals surface area (Å²) in [4.78, 5) is 10.9. The molecule has 0 heterocycles. The van der Waals surface area contributed by atoms with Gasteiger partial charge >= 0.3 is 0 Å². The Labute approximate surface area is 99.1 Å². The van der Waals surface area contributed by atoms with E-state index in [1.165, 1.54) is 5.56 Å². The molecule has 0 aliphatic heterocycles. The van der Waals surface area contributed by atoms with Crippen LogP contribution in [0.2, 0.25) is 0 Å². The zero-order valence-electron chi connectivity index (χ0n) is 10.8. The number of hydrogen-bond donors (Lipinski definition) is 1. The van der Waals surface area contributed by atoms with E-state index in [-0.39, 0.29) is 11.8 Å². The van der Waals surface area contributed by atoms with E-state index in [4.69, 9.17) is 0 Å². The fourth-order valence-electron chi connectivity index (χ4n) is 1.40. The van der Waals surface area contributed by atoms with E-state index in [9.17, 15) is 4.79 Å². The summed E-state index contributed by atoms with van der Waals surface area (Å²) in [6.07, 6.45) is 1.88. The van der Waals surface area contributed by atoms with Gasteiger partial charge in [0.05, 0.1) is 0 Å². The van der Waals surface area contributed by atoms with Crippen molar-refractivity contribution in [3.8, 4) is 0 Å². The van der Waals surface area contributed by atoms with Crippen molar-refractivity contribution in [3.63, 3.8) is 0 Å². The minimum Gasteiger partial charge on any atom is -0.359 e. The van der Waals surface area contributed by atoms with Crippen LogP contribution in [-0.4, -0.2) is 13.0 Å². The second-order valence-electron chi connectivity index (χ2n) is 3.78. The second-order valence-corrected chi connectivity index (χ2v) is 3.78. The van der Waals surface area contributed by atoms with Gasteiger partial charge in [0.15, 0.2) is 0 Å². The highest BCUT2D eigenvalue weighted by atomic mass is 16.1. The van der Waals surface area contributed by atoms with Crippen molar-refractivity contribution in [1.29, 1.82) is 0 Å². The van der Waals surface area contributed by atoms with Crippen molar-refractivity contribution >= 4 is 5.91 Å². The van der Waals surface area contributed by atoms with E-state index < -0.39 is 0 Å². The Kier molecular flexibility index (Phi) is 8.22. The summed E-state index contributed by atoms with van der Waals surface area (Å²) >= 11 is 0.